The molecule has 1 N–H and O–H groups in total. The molecule has 0 saturated carbocycles. The van der Waals surface area contributed by atoms with Gasteiger partial charge < -0.3 is 19.3 Å². The second-order valence-corrected chi connectivity index (χ2v) is 17.0. The lowest BCUT2D eigenvalue weighted by molar-refractivity contribution is -0.254. The maximum Gasteiger partial charge on any atom is 0.446 e. The van der Waals surface area contributed by atoms with Crippen molar-refractivity contribution in [1.29, 1.82) is 0 Å². The highest BCUT2D eigenvalue weighted by Gasteiger charge is 2.59. The minimum atomic E-state index is -4.75. The number of aldehydes is 1. The van der Waals surface area contributed by atoms with E-state index in [-0.39, 0.29) is 50.0 Å². The van der Waals surface area contributed by atoms with Gasteiger partial charge in [0.1, 0.15) is 5.60 Å². The standard InChI is InChI=1S/C23H21Cl2F3O3.C19H13Cl2F3O3.C2HF3O.C2H6/c1-13-7-14(5-6-19(13)20(29)31-21(2,3)4)15-11-22(30-12-15,23(26,27)28)16-8-17(24)10-18(25)9-16;1-10-4-11(2-3-16(10)17(25)26)12-8-18(27-9-12,19(22,23)24)13-5-14(20)7-15(21)6-13;3-2(4,5)1-6;1-2/h5-11H,12H2,1-4H3;2-8H,9H2,1H3,(H,25,26);1H;1-2H3/i;;;1D. The molecule has 0 fully saturated rings. The number of carbonyl (C=O) groups excluding carboxylic acids is 2. The number of benzene rings is 4. The number of hydrogen-bond donors (Lipinski definition) is 1. The van der Waals surface area contributed by atoms with Crippen LogP contribution in [0.4, 0.5) is 39.5 Å². The Hall–Kier alpha value is -4.58. The molecule has 0 aliphatic carbocycles. The molecule has 2 unspecified atom stereocenters. The van der Waals surface area contributed by atoms with Crippen molar-refractivity contribution in [3.05, 3.63) is 150 Å². The highest BCUT2D eigenvalue weighted by molar-refractivity contribution is 6.35. The van der Waals surface area contributed by atoms with Gasteiger partial charge in [-0.3, -0.25) is 4.79 Å². The van der Waals surface area contributed by atoms with Gasteiger partial charge >= 0.3 is 30.5 Å². The van der Waals surface area contributed by atoms with Gasteiger partial charge in [0.25, 0.3) is 0 Å². The van der Waals surface area contributed by atoms with E-state index >= 15 is 0 Å². The van der Waals surface area contributed by atoms with Crippen LogP contribution in [0, 0.1) is 13.8 Å². The van der Waals surface area contributed by atoms with Crippen molar-refractivity contribution in [3.63, 3.8) is 0 Å². The molecule has 358 valence electrons. The van der Waals surface area contributed by atoms with Gasteiger partial charge in [-0.05, 0) is 140 Å². The molecular formula is C46H41Cl4F9O7. The van der Waals surface area contributed by atoms with Crippen LogP contribution in [0.25, 0.3) is 11.1 Å². The average Bonchev–Trinajstić information content (AvgIpc) is 3.85. The van der Waals surface area contributed by atoms with Crippen molar-refractivity contribution in [2.75, 3.05) is 13.2 Å². The first-order chi connectivity index (χ1) is 30.7. The lowest BCUT2D eigenvalue weighted by atomic mass is 9.90. The number of carboxylic acids is 1. The number of aromatic carboxylic acids is 1. The Balaban J connectivity index is 0.000000303. The van der Waals surface area contributed by atoms with E-state index in [0.717, 1.165) is 12.2 Å². The molecule has 0 saturated heterocycles. The zero-order valence-electron chi connectivity index (χ0n) is 36.6. The predicted octanol–water partition coefficient (Wildman–Crippen LogP) is 14.8. The molecule has 4 aromatic rings. The minimum Gasteiger partial charge on any atom is -0.478 e. The molecule has 0 bridgehead atoms. The first-order valence-corrected chi connectivity index (χ1v) is 20.5. The summed E-state index contributed by atoms with van der Waals surface area (Å²) in [6, 6.07) is 16.5. The molecule has 4 aromatic carbocycles. The molecule has 2 heterocycles. The third kappa shape index (κ3) is 13.8. The fourth-order valence-electron chi connectivity index (χ4n) is 6.43. The predicted molar refractivity (Wildman–Crippen MR) is 234 cm³/mol. The van der Waals surface area contributed by atoms with Gasteiger partial charge in [-0.2, -0.15) is 39.5 Å². The smallest absolute Gasteiger partial charge is 0.446 e. The van der Waals surface area contributed by atoms with E-state index < -0.39 is 53.6 Å². The van der Waals surface area contributed by atoms with E-state index in [4.69, 9.17) is 71.9 Å². The second kappa shape index (κ2) is 21.6. The molecule has 2 aliphatic heterocycles. The van der Waals surface area contributed by atoms with E-state index in [1.54, 1.807) is 59.7 Å². The fraction of sp³-hybridized carbons (Fsp3) is 0.326. The number of hydrogen-bond acceptors (Lipinski definition) is 6. The van der Waals surface area contributed by atoms with Crippen LogP contribution in [0.5, 0.6) is 0 Å². The number of carbonyl (C=O) groups is 3. The maximum absolute atomic E-state index is 14.1. The quantitative estimate of drug-likeness (QED) is 0.117. The Labute approximate surface area is 395 Å². The third-order valence-electron chi connectivity index (χ3n) is 9.27. The SMILES string of the molecule is Cc1cc(C2=CC(c3cc(Cl)cc(Cl)c3)(C(F)(F)F)OC2)ccc1C(=O)O.Cc1cc(C2=CC(c3cc(Cl)cc(Cl)c3)(C(F)(F)F)OC2)ccc1C(=O)OC(C)(C)C.O=CC(F)(F)F.[2H]CC. The molecule has 2 aliphatic rings. The van der Waals surface area contributed by atoms with Gasteiger partial charge in [0.15, 0.2) is 0 Å². The summed E-state index contributed by atoms with van der Waals surface area (Å²) in [6.45, 7) is 10.3. The first-order valence-electron chi connectivity index (χ1n) is 19.7. The summed E-state index contributed by atoms with van der Waals surface area (Å²) in [5, 5.41) is 9.38. The number of ether oxygens (including phenoxy) is 3. The van der Waals surface area contributed by atoms with Crippen molar-refractivity contribution in [2.24, 2.45) is 0 Å². The van der Waals surface area contributed by atoms with Gasteiger partial charge in [-0.25, -0.2) is 9.59 Å². The largest absolute Gasteiger partial charge is 0.478 e. The number of esters is 1. The molecule has 0 amide bonds. The Bertz CT molecular complexity index is 2480. The Morgan fingerprint density at radius 1 is 0.667 bits per heavy atom. The van der Waals surface area contributed by atoms with Crippen molar-refractivity contribution >= 4 is 75.8 Å². The van der Waals surface area contributed by atoms with Crippen LogP contribution in [-0.4, -0.2) is 60.7 Å². The Morgan fingerprint density at radius 2 is 1.00 bits per heavy atom. The second-order valence-electron chi connectivity index (χ2n) is 15.2. The van der Waals surface area contributed by atoms with Crippen molar-refractivity contribution in [2.45, 2.75) is 83.8 Å². The van der Waals surface area contributed by atoms with Crippen molar-refractivity contribution in [1.82, 2.24) is 0 Å². The molecule has 0 aromatic heterocycles. The lowest BCUT2D eigenvalue weighted by Gasteiger charge is -2.30. The number of alkyl halides is 9. The van der Waals surface area contributed by atoms with Crippen LogP contribution in [0.1, 0.15) is 90.1 Å². The van der Waals surface area contributed by atoms with Crippen molar-refractivity contribution in [3.8, 4) is 0 Å². The summed E-state index contributed by atoms with van der Waals surface area (Å²) in [4.78, 5) is 32.2. The van der Waals surface area contributed by atoms with E-state index in [0.29, 0.717) is 45.9 Å². The third-order valence-corrected chi connectivity index (χ3v) is 10.1. The van der Waals surface area contributed by atoms with E-state index in [1.165, 1.54) is 54.6 Å². The first kappa shape index (κ1) is 54.0. The van der Waals surface area contributed by atoms with Gasteiger partial charge in [-0.1, -0.05) is 84.5 Å². The molecular weight excluding hydrogens is 977 g/mol. The van der Waals surface area contributed by atoms with E-state index in [2.05, 4.69) is 0 Å². The van der Waals surface area contributed by atoms with Gasteiger partial charge in [0, 0.05) is 21.5 Å². The minimum absolute atomic E-state index is 0.0632. The highest BCUT2D eigenvalue weighted by atomic mass is 35.5. The number of carboxylic acid groups (broad SMARTS) is 1. The Kier molecular flexibility index (Phi) is 17.7. The number of halogens is 13. The summed E-state index contributed by atoms with van der Waals surface area (Å²) in [6.07, 6.45) is -13.2. The van der Waals surface area contributed by atoms with Gasteiger partial charge in [-0.15, -0.1) is 0 Å². The molecule has 7 nitrogen and oxygen atoms in total. The van der Waals surface area contributed by atoms with Crippen LogP contribution < -0.4 is 0 Å². The van der Waals surface area contributed by atoms with Crippen LogP contribution in [-0.2, 0) is 30.2 Å². The summed E-state index contributed by atoms with van der Waals surface area (Å²) >= 11 is 23.6. The molecule has 2 atom stereocenters. The summed E-state index contributed by atoms with van der Waals surface area (Å²) in [5.74, 6) is -1.60. The number of aryl methyl sites for hydroxylation is 2. The normalized spacial score (nSPS) is 18.5. The average molecular weight is 1020 g/mol. The van der Waals surface area contributed by atoms with Crippen LogP contribution >= 0.6 is 46.4 Å². The molecule has 0 spiro atoms. The summed E-state index contributed by atoms with van der Waals surface area (Å²) in [5.41, 5.74) is -3.37. The highest BCUT2D eigenvalue weighted by Crippen LogP contribution is 2.51. The number of rotatable bonds is 6. The van der Waals surface area contributed by atoms with Crippen LogP contribution in [0.15, 0.2) is 84.9 Å². The molecule has 6 rings (SSSR count). The van der Waals surface area contributed by atoms with Crippen molar-refractivity contribution < 1.29 is 74.6 Å². The fourth-order valence-corrected chi connectivity index (χ4v) is 7.48. The van der Waals surface area contributed by atoms with E-state index in [9.17, 15) is 49.1 Å². The van der Waals surface area contributed by atoms with Gasteiger partial charge in [0.2, 0.25) is 17.5 Å². The summed E-state index contributed by atoms with van der Waals surface area (Å²) in [7, 11) is 0. The monoisotopic (exact) mass is 1020 g/mol. The molecule has 66 heavy (non-hydrogen) atoms. The van der Waals surface area contributed by atoms with Crippen LogP contribution in [0.3, 0.4) is 0 Å². The van der Waals surface area contributed by atoms with Gasteiger partial charge in [0.05, 0.1) is 24.3 Å². The summed E-state index contributed by atoms with van der Waals surface area (Å²) < 4.78 is 138. The zero-order valence-corrected chi connectivity index (χ0v) is 38.6. The lowest BCUT2D eigenvalue weighted by Crippen LogP contribution is -2.41. The molecule has 0 radical (unpaired) electrons. The zero-order chi connectivity index (χ0) is 51.1. The Morgan fingerprint density at radius 3 is 1.27 bits per heavy atom. The van der Waals surface area contributed by atoms with E-state index in [1.807, 2.05) is 0 Å². The topological polar surface area (TPSA) is 99.1 Å². The maximum atomic E-state index is 14.1. The molecule has 20 heteroatoms. The van der Waals surface area contributed by atoms with Crippen LogP contribution in [0.2, 0.25) is 20.1 Å².